The first-order valence-electron chi connectivity index (χ1n) is 9.81. The van der Waals surface area contributed by atoms with Crippen molar-refractivity contribution in [1.29, 1.82) is 0 Å². The highest BCUT2D eigenvalue weighted by Crippen LogP contribution is 2.18. The van der Waals surface area contributed by atoms with Gasteiger partial charge in [0.2, 0.25) is 15.9 Å². The van der Waals surface area contributed by atoms with Crippen LogP contribution in [0.3, 0.4) is 0 Å². The molecule has 162 valence electrons. The van der Waals surface area contributed by atoms with Crippen LogP contribution >= 0.6 is 0 Å². The van der Waals surface area contributed by atoms with Crippen molar-refractivity contribution in [3.05, 3.63) is 54.3 Å². The fourth-order valence-corrected chi connectivity index (χ4v) is 4.19. The normalized spacial score (nSPS) is 15.4. The van der Waals surface area contributed by atoms with Gasteiger partial charge in [0.25, 0.3) is 0 Å². The van der Waals surface area contributed by atoms with E-state index in [1.165, 1.54) is 38.4 Å². The number of piperazine rings is 1. The van der Waals surface area contributed by atoms with Gasteiger partial charge in [-0.15, -0.1) is 0 Å². The second kappa shape index (κ2) is 9.55. The first-order valence-corrected chi connectivity index (χ1v) is 11.2. The zero-order chi connectivity index (χ0) is 21.7. The summed E-state index contributed by atoms with van der Waals surface area (Å²) in [6.07, 6.45) is 0.355. The van der Waals surface area contributed by atoms with Gasteiger partial charge in [-0.3, -0.25) is 9.69 Å². The molecular weight excluding hydrogens is 407 g/mol. The lowest BCUT2D eigenvalue weighted by molar-refractivity contribution is -0.116. The molecule has 1 saturated heterocycles. The smallest absolute Gasteiger partial charge is 0.242 e. The Morgan fingerprint density at radius 2 is 1.60 bits per heavy atom. The Bertz CT molecular complexity index is 955. The Hall–Kier alpha value is -2.49. The van der Waals surface area contributed by atoms with Crippen molar-refractivity contribution < 1.29 is 17.6 Å². The Kier molecular flexibility index (Phi) is 7.06. The molecule has 9 heteroatoms. The molecule has 2 aromatic rings. The Morgan fingerprint density at radius 3 is 2.17 bits per heavy atom. The van der Waals surface area contributed by atoms with E-state index in [0.29, 0.717) is 18.7 Å². The van der Waals surface area contributed by atoms with Crippen molar-refractivity contribution in [2.24, 2.45) is 0 Å². The van der Waals surface area contributed by atoms with Crippen LogP contribution in [0.2, 0.25) is 0 Å². The number of hydrogen-bond donors (Lipinski definition) is 1. The van der Waals surface area contributed by atoms with Gasteiger partial charge in [-0.1, -0.05) is 0 Å². The van der Waals surface area contributed by atoms with Gasteiger partial charge < -0.3 is 10.2 Å². The summed E-state index contributed by atoms with van der Waals surface area (Å²) in [5.74, 6) is -0.350. The Morgan fingerprint density at radius 1 is 1.00 bits per heavy atom. The molecule has 0 bridgehead atoms. The van der Waals surface area contributed by atoms with E-state index >= 15 is 0 Å². The maximum absolute atomic E-state index is 13.1. The number of nitrogens with one attached hydrogen (secondary N) is 1. The molecule has 30 heavy (non-hydrogen) atoms. The minimum absolute atomic E-state index is 0.112. The lowest BCUT2D eigenvalue weighted by Gasteiger charge is -2.36. The highest BCUT2D eigenvalue weighted by atomic mass is 32.2. The van der Waals surface area contributed by atoms with E-state index in [-0.39, 0.29) is 16.6 Å². The van der Waals surface area contributed by atoms with Gasteiger partial charge in [0, 0.05) is 64.6 Å². The molecular formula is C21H27FN4O3S. The van der Waals surface area contributed by atoms with Gasteiger partial charge in [0.15, 0.2) is 0 Å². The van der Waals surface area contributed by atoms with Crippen molar-refractivity contribution in [2.75, 3.05) is 57.0 Å². The zero-order valence-corrected chi connectivity index (χ0v) is 18.0. The standard InChI is InChI=1S/C21H27FN4O3S/c1-24(2)30(28,29)20-9-5-18(6-10-20)23-21(27)11-12-25-13-15-26(16-14-25)19-7-3-17(22)4-8-19/h3-10H,11-16H2,1-2H3,(H,23,27). The monoisotopic (exact) mass is 434 g/mol. The van der Waals surface area contributed by atoms with Gasteiger partial charge in [-0.25, -0.2) is 17.1 Å². The Labute approximate surface area is 177 Å². The molecule has 7 nitrogen and oxygen atoms in total. The number of benzene rings is 2. The van der Waals surface area contributed by atoms with Crippen LogP contribution in [-0.4, -0.2) is 70.3 Å². The van der Waals surface area contributed by atoms with E-state index in [1.807, 2.05) is 0 Å². The highest BCUT2D eigenvalue weighted by molar-refractivity contribution is 7.89. The molecule has 1 fully saturated rings. The number of sulfonamides is 1. The van der Waals surface area contributed by atoms with Crippen molar-refractivity contribution in [3.8, 4) is 0 Å². The minimum Gasteiger partial charge on any atom is -0.369 e. The number of halogens is 1. The number of rotatable bonds is 7. The zero-order valence-electron chi connectivity index (χ0n) is 17.2. The topological polar surface area (TPSA) is 73.0 Å². The molecule has 3 rings (SSSR count). The first kappa shape index (κ1) is 22.2. The fourth-order valence-electron chi connectivity index (χ4n) is 3.29. The van der Waals surface area contributed by atoms with E-state index < -0.39 is 10.0 Å². The second-order valence-corrected chi connectivity index (χ2v) is 9.57. The molecule has 0 atom stereocenters. The predicted molar refractivity (Wildman–Crippen MR) is 116 cm³/mol. The summed E-state index contributed by atoms with van der Waals surface area (Å²) in [5.41, 5.74) is 1.58. The van der Waals surface area contributed by atoms with E-state index in [4.69, 9.17) is 0 Å². The number of nitrogens with zero attached hydrogens (tertiary/aromatic N) is 3. The van der Waals surface area contributed by atoms with Crippen molar-refractivity contribution in [1.82, 2.24) is 9.21 Å². The first-order chi connectivity index (χ1) is 14.3. The molecule has 1 N–H and O–H groups in total. The molecule has 0 saturated carbocycles. The van der Waals surface area contributed by atoms with Crippen molar-refractivity contribution in [2.45, 2.75) is 11.3 Å². The summed E-state index contributed by atoms with van der Waals surface area (Å²) < 4.78 is 38.4. The SMILES string of the molecule is CN(C)S(=O)(=O)c1ccc(NC(=O)CCN2CCN(c3ccc(F)cc3)CC2)cc1. The quantitative estimate of drug-likeness (QED) is 0.724. The molecule has 0 aliphatic carbocycles. The van der Waals surface area contributed by atoms with Crippen LogP contribution in [0.5, 0.6) is 0 Å². The summed E-state index contributed by atoms with van der Waals surface area (Å²) in [4.78, 5) is 16.9. The summed E-state index contributed by atoms with van der Waals surface area (Å²) in [5, 5.41) is 2.81. The third-order valence-electron chi connectivity index (χ3n) is 5.14. The van der Waals surface area contributed by atoms with Gasteiger partial charge in [0.1, 0.15) is 5.82 Å². The number of carbonyl (C=O) groups is 1. The fraction of sp³-hybridized carbons (Fsp3) is 0.381. The third kappa shape index (κ3) is 5.56. The van der Waals surface area contributed by atoms with Crippen molar-refractivity contribution >= 4 is 27.3 Å². The van der Waals surface area contributed by atoms with E-state index in [1.54, 1.807) is 24.3 Å². The largest absolute Gasteiger partial charge is 0.369 e. The molecule has 1 aliphatic heterocycles. The van der Waals surface area contributed by atoms with Gasteiger partial charge in [-0.05, 0) is 48.5 Å². The number of hydrogen-bond acceptors (Lipinski definition) is 5. The van der Waals surface area contributed by atoms with Crippen LogP contribution in [0.4, 0.5) is 15.8 Å². The number of amides is 1. The van der Waals surface area contributed by atoms with Gasteiger partial charge in [-0.2, -0.15) is 0 Å². The lowest BCUT2D eigenvalue weighted by Crippen LogP contribution is -2.47. The van der Waals surface area contributed by atoms with Crippen LogP contribution in [-0.2, 0) is 14.8 Å². The van der Waals surface area contributed by atoms with Crippen molar-refractivity contribution in [3.63, 3.8) is 0 Å². The maximum atomic E-state index is 13.1. The summed E-state index contributed by atoms with van der Waals surface area (Å²) in [7, 11) is -0.529. The van der Waals surface area contributed by atoms with Crippen LogP contribution in [0.25, 0.3) is 0 Å². The van der Waals surface area contributed by atoms with E-state index in [2.05, 4.69) is 15.1 Å². The highest BCUT2D eigenvalue weighted by Gasteiger charge is 2.19. The lowest BCUT2D eigenvalue weighted by atomic mass is 10.2. The van der Waals surface area contributed by atoms with Gasteiger partial charge >= 0.3 is 0 Å². The summed E-state index contributed by atoms with van der Waals surface area (Å²) >= 11 is 0. The molecule has 0 unspecified atom stereocenters. The average Bonchev–Trinajstić information content (AvgIpc) is 2.73. The van der Waals surface area contributed by atoms with Crippen LogP contribution in [0.15, 0.2) is 53.4 Å². The molecule has 0 radical (unpaired) electrons. The third-order valence-corrected chi connectivity index (χ3v) is 6.97. The number of carbonyl (C=O) groups excluding carboxylic acids is 1. The van der Waals surface area contributed by atoms with Crippen LogP contribution in [0, 0.1) is 5.82 Å². The molecule has 0 aromatic heterocycles. The molecule has 1 amide bonds. The second-order valence-electron chi connectivity index (χ2n) is 7.42. The summed E-state index contributed by atoms with van der Waals surface area (Å²) in [6.45, 7) is 3.98. The maximum Gasteiger partial charge on any atom is 0.242 e. The average molecular weight is 435 g/mol. The van der Waals surface area contributed by atoms with E-state index in [9.17, 15) is 17.6 Å². The van der Waals surface area contributed by atoms with Gasteiger partial charge in [0.05, 0.1) is 4.90 Å². The molecule has 1 heterocycles. The number of anilines is 2. The predicted octanol–water partition coefficient (Wildman–Crippen LogP) is 2.23. The summed E-state index contributed by atoms with van der Waals surface area (Å²) in [6, 6.07) is 12.7. The minimum atomic E-state index is -3.48. The van der Waals surface area contributed by atoms with Crippen LogP contribution < -0.4 is 10.2 Å². The Balaban J connectivity index is 1.44. The molecule has 1 aliphatic rings. The molecule has 0 spiro atoms. The van der Waals surface area contributed by atoms with E-state index in [0.717, 1.165) is 36.2 Å². The molecule has 2 aromatic carbocycles. The van der Waals surface area contributed by atoms with Crippen LogP contribution in [0.1, 0.15) is 6.42 Å².